The third kappa shape index (κ3) is 4.78. The Morgan fingerprint density at radius 1 is 1.23 bits per heavy atom. The van der Waals surface area contributed by atoms with Crippen LogP contribution in [0.3, 0.4) is 0 Å². The van der Waals surface area contributed by atoms with Crippen molar-refractivity contribution in [2.45, 2.75) is 38.3 Å². The standard InChI is InChI=1S/C17H21ClN2O5S/c1-10-8-12(14(24-5)9-11(10)18)19-16(21)13-6-7-15(25-13)26(22,23)20-17(2,3)4/h6-9,20H,1-5H3,(H,19,21). The molecule has 142 valence electrons. The van der Waals surface area contributed by atoms with Gasteiger partial charge in [0.25, 0.3) is 15.9 Å². The fourth-order valence-electron chi connectivity index (χ4n) is 2.15. The van der Waals surface area contributed by atoms with Gasteiger partial charge in [-0.2, -0.15) is 0 Å². The Kier molecular flexibility index (Phi) is 5.70. The first-order valence-corrected chi connectivity index (χ1v) is 9.58. The largest absolute Gasteiger partial charge is 0.495 e. The Morgan fingerprint density at radius 2 is 1.88 bits per heavy atom. The van der Waals surface area contributed by atoms with Crippen LogP contribution in [0.25, 0.3) is 0 Å². The molecule has 0 aliphatic carbocycles. The molecule has 9 heteroatoms. The summed E-state index contributed by atoms with van der Waals surface area (Å²) in [5, 5.41) is 2.79. The van der Waals surface area contributed by atoms with E-state index >= 15 is 0 Å². The number of methoxy groups -OCH3 is 1. The second-order valence-corrected chi connectivity index (χ2v) is 8.75. The fourth-order valence-corrected chi connectivity index (χ4v) is 3.66. The number of rotatable bonds is 5. The van der Waals surface area contributed by atoms with E-state index in [9.17, 15) is 13.2 Å². The maximum Gasteiger partial charge on any atom is 0.291 e. The zero-order valence-corrected chi connectivity index (χ0v) is 16.7. The number of sulfonamides is 1. The first kappa shape index (κ1) is 20.3. The number of benzene rings is 1. The van der Waals surface area contributed by atoms with Crippen LogP contribution in [0.4, 0.5) is 5.69 Å². The number of amides is 1. The van der Waals surface area contributed by atoms with Gasteiger partial charge in [0, 0.05) is 16.6 Å². The predicted molar refractivity (Wildman–Crippen MR) is 99.5 cm³/mol. The molecule has 0 fully saturated rings. The van der Waals surface area contributed by atoms with Crippen molar-refractivity contribution in [2.24, 2.45) is 0 Å². The molecule has 0 aliphatic rings. The van der Waals surface area contributed by atoms with Crippen LogP contribution in [-0.4, -0.2) is 27.0 Å². The number of anilines is 1. The first-order valence-electron chi connectivity index (χ1n) is 7.72. The van der Waals surface area contributed by atoms with Crippen molar-refractivity contribution >= 4 is 33.2 Å². The molecule has 1 aromatic carbocycles. The number of nitrogens with one attached hydrogen (secondary N) is 2. The van der Waals surface area contributed by atoms with Gasteiger partial charge in [-0.05, 0) is 51.5 Å². The summed E-state index contributed by atoms with van der Waals surface area (Å²) in [7, 11) is -2.42. The van der Waals surface area contributed by atoms with E-state index in [-0.39, 0.29) is 10.9 Å². The highest BCUT2D eigenvalue weighted by molar-refractivity contribution is 7.89. The van der Waals surface area contributed by atoms with Crippen molar-refractivity contribution in [3.05, 3.63) is 40.6 Å². The lowest BCUT2D eigenvalue weighted by molar-refractivity contribution is 0.0991. The van der Waals surface area contributed by atoms with Crippen LogP contribution in [0.1, 0.15) is 36.9 Å². The molecule has 7 nitrogen and oxygen atoms in total. The molecule has 0 aliphatic heterocycles. The molecule has 0 saturated carbocycles. The summed E-state index contributed by atoms with van der Waals surface area (Å²) < 4.78 is 37.4. The minimum Gasteiger partial charge on any atom is -0.495 e. The van der Waals surface area contributed by atoms with Gasteiger partial charge >= 0.3 is 0 Å². The zero-order valence-electron chi connectivity index (χ0n) is 15.1. The van der Waals surface area contributed by atoms with Crippen LogP contribution >= 0.6 is 11.6 Å². The molecule has 1 heterocycles. The third-order valence-electron chi connectivity index (χ3n) is 3.24. The van der Waals surface area contributed by atoms with Crippen LogP contribution in [0, 0.1) is 6.92 Å². The van der Waals surface area contributed by atoms with Gasteiger partial charge < -0.3 is 14.5 Å². The van der Waals surface area contributed by atoms with Gasteiger partial charge in [0.15, 0.2) is 5.76 Å². The van der Waals surface area contributed by atoms with Gasteiger partial charge in [0.1, 0.15) is 5.75 Å². The van der Waals surface area contributed by atoms with Gasteiger partial charge in [-0.1, -0.05) is 11.6 Å². The Hall–Kier alpha value is -2.03. The van der Waals surface area contributed by atoms with E-state index in [1.54, 1.807) is 39.8 Å². The van der Waals surface area contributed by atoms with Gasteiger partial charge in [-0.15, -0.1) is 0 Å². The topological polar surface area (TPSA) is 97.6 Å². The molecule has 1 aromatic heterocycles. The van der Waals surface area contributed by atoms with Crippen LogP contribution in [0.5, 0.6) is 5.75 Å². The van der Waals surface area contributed by atoms with E-state index in [4.69, 9.17) is 20.8 Å². The number of ether oxygens (including phenoxy) is 1. The molecule has 1 amide bonds. The normalized spacial score (nSPS) is 12.1. The maximum absolute atomic E-state index is 12.4. The van der Waals surface area contributed by atoms with Crippen molar-refractivity contribution in [1.29, 1.82) is 0 Å². The summed E-state index contributed by atoms with van der Waals surface area (Å²) in [6.07, 6.45) is 0. The Morgan fingerprint density at radius 3 is 2.46 bits per heavy atom. The summed E-state index contributed by atoms with van der Waals surface area (Å²) in [6.45, 7) is 6.90. The zero-order chi connectivity index (χ0) is 19.7. The number of aryl methyl sites for hydroxylation is 1. The first-order chi connectivity index (χ1) is 11.9. The van der Waals surface area contributed by atoms with E-state index in [1.165, 1.54) is 19.2 Å². The van der Waals surface area contributed by atoms with Crippen molar-refractivity contribution < 1.29 is 22.4 Å². The number of furan rings is 1. The van der Waals surface area contributed by atoms with E-state index in [0.29, 0.717) is 16.5 Å². The molecule has 26 heavy (non-hydrogen) atoms. The molecule has 2 N–H and O–H groups in total. The highest BCUT2D eigenvalue weighted by atomic mass is 35.5. The minimum atomic E-state index is -3.87. The molecule has 0 unspecified atom stereocenters. The Labute approximate surface area is 157 Å². The highest BCUT2D eigenvalue weighted by Gasteiger charge is 2.26. The summed E-state index contributed by atoms with van der Waals surface area (Å²) in [5.41, 5.74) is 0.468. The van der Waals surface area contributed by atoms with Crippen LogP contribution < -0.4 is 14.8 Å². The van der Waals surface area contributed by atoms with Gasteiger partial charge in [-0.25, -0.2) is 13.1 Å². The second-order valence-electron chi connectivity index (χ2n) is 6.73. The Balaban J connectivity index is 2.25. The molecule has 0 bridgehead atoms. The van der Waals surface area contributed by atoms with Crippen molar-refractivity contribution in [2.75, 3.05) is 12.4 Å². The monoisotopic (exact) mass is 400 g/mol. The van der Waals surface area contributed by atoms with Crippen molar-refractivity contribution in [3.63, 3.8) is 0 Å². The average molecular weight is 401 g/mol. The smallest absolute Gasteiger partial charge is 0.291 e. The summed E-state index contributed by atoms with van der Waals surface area (Å²) in [4.78, 5) is 12.4. The van der Waals surface area contributed by atoms with Crippen molar-refractivity contribution in [1.82, 2.24) is 4.72 Å². The molecular weight excluding hydrogens is 380 g/mol. The van der Waals surface area contributed by atoms with E-state index in [0.717, 1.165) is 5.56 Å². The van der Waals surface area contributed by atoms with Gasteiger partial charge in [0.2, 0.25) is 5.09 Å². The summed E-state index contributed by atoms with van der Waals surface area (Å²) >= 11 is 6.04. The molecule has 0 spiro atoms. The number of hydrogen-bond donors (Lipinski definition) is 2. The second kappa shape index (κ2) is 7.30. The maximum atomic E-state index is 12.4. The lowest BCUT2D eigenvalue weighted by Crippen LogP contribution is -2.40. The highest BCUT2D eigenvalue weighted by Crippen LogP contribution is 2.31. The quantitative estimate of drug-likeness (QED) is 0.799. The lowest BCUT2D eigenvalue weighted by Gasteiger charge is -2.19. The molecule has 2 rings (SSSR count). The number of carbonyl (C=O) groups excluding carboxylic acids is 1. The van der Waals surface area contributed by atoms with Crippen LogP contribution in [0.15, 0.2) is 33.8 Å². The predicted octanol–water partition coefficient (Wildman–Crippen LogP) is 3.58. The fraction of sp³-hybridized carbons (Fsp3) is 0.353. The van der Waals surface area contributed by atoms with Crippen LogP contribution in [0.2, 0.25) is 5.02 Å². The minimum absolute atomic E-state index is 0.144. The van der Waals surface area contributed by atoms with Gasteiger partial charge in [-0.3, -0.25) is 4.79 Å². The summed E-state index contributed by atoms with van der Waals surface area (Å²) in [6, 6.07) is 5.76. The molecule has 0 atom stereocenters. The molecule has 2 aromatic rings. The molecular formula is C17H21ClN2O5S. The number of carbonyl (C=O) groups is 1. The van der Waals surface area contributed by atoms with E-state index in [2.05, 4.69) is 10.0 Å². The van der Waals surface area contributed by atoms with Crippen molar-refractivity contribution in [3.8, 4) is 5.75 Å². The van der Waals surface area contributed by atoms with Gasteiger partial charge in [0.05, 0.1) is 12.8 Å². The molecule has 0 saturated heterocycles. The number of hydrogen-bond acceptors (Lipinski definition) is 5. The average Bonchev–Trinajstić information content (AvgIpc) is 2.99. The SMILES string of the molecule is COc1cc(Cl)c(C)cc1NC(=O)c1ccc(S(=O)(=O)NC(C)(C)C)o1. The third-order valence-corrected chi connectivity index (χ3v) is 5.28. The van der Waals surface area contributed by atoms with E-state index in [1.807, 2.05) is 0 Å². The number of halogens is 1. The molecule has 0 radical (unpaired) electrons. The lowest BCUT2D eigenvalue weighted by atomic mass is 10.1. The van der Waals surface area contributed by atoms with Crippen LogP contribution in [-0.2, 0) is 10.0 Å². The van der Waals surface area contributed by atoms with E-state index < -0.39 is 21.5 Å². The summed E-state index contributed by atoms with van der Waals surface area (Å²) in [5.74, 6) is -0.376. The Bertz CT molecular complexity index is 929.